The number of urea groups is 1. The molecule has 2 aromatic carbocycles. The summed E-state index contributed by atoms with van der Waals surface area (Å²) in [6.07, 6.45) is 0. The van der Waals surface area contributed by atoms with Crippen LogP contribution in [-0.4, -0.2) is 19.4 Å². The van der Waals surface area contributed by atoms with Crippen molar-refractivity contribution in [1.82, 2.24) is 5.32 Å². The second-order valence-electron chi connectivity index (χ2n) is 5.10. The van der Waals surface area contributed by atoms with E-state index in [0.717, 1.165) is 11.3 Å². The Labute approximate surface area is 136 Å². The number of rotatable bonds is 6. The minimum Gasteiger partial charge on any atom is -0.490 e. The van der Waals surface area contributed by atoms with Crippen molar-refractivity contribution in [2.24, 2.45) is 0 Å². The zero-order valence-corrected chi connectivity index (χ0v) is 13.7. The molecule has 0 aliphatic heterocycles. The first-order chi connectivity index (χ1) is 11.1. The van der Waals surface area contributed by atoms with Gasteiger partial charge in [-0.25, -0.2) is 4.79 Å². The lowest BCUT2D eigenvalue weighted by Crippen LogP contribution is -2.32. The summed E-state index contributed by atoms with van der Waals surface area (Å²) < 4.78 is 11.0. The molecule has 2 N–H and O–H groups in total. The number of anilines is 1. The molecule has 0 saturated heterocycles. The Morgan fingerprint density at radius 2 is 1.70 bits per heavy atom. The van der Waals surface area contributed by atoms with Crippen molar-refractivity contribution in [1.29, 1.82) is 0 Å². The van der Waals surface area contributed by atoms with Gasteiger partial charge in [0, 0.05) is 5.69 Å². The van der Waals surface area contributed by atoms with Gasteiger partial charge in [-0.2, -0.15) is 0 Å². The summed E-state index contributed by atoms with van der Waals surface area (Å²) in [7, 11) is 0. The molecular formula is C18H22N2O3. The number of para-hydroxylation sites is 2. The number of hydrogen-bond acceptors (Lipinski definition) is 3. The van der Waals surface area contributed by atoms with Crippen molar-refractivity contribution in [2.45, 2.75) is 20.8 Å². The molecule has 0 saturated carbocycles. The summed E-state index contributed by atoms with van der Waals surface area (Å²) >= 11 is 0. The van der Waals surface area contributed by atoms with E-state index >= 15 is 0 Å². The highest BCUT2D eigenvalue weighted by Crippen LogP contribution is 2.25. The molecule has 122 valence electrons. The third kappa shape index (κ3) is 4.92. The summed E-state index contributed by atoms with van der Waals surface area (Å²) in [5.41, 5.74) is 3.07. The molecule has 23 heavy (non-hydrogen) atoms. The first-order valence-electron chi connectivity index (χ1n) is 7.57. The van der Waals surface area contributed by atoms with Crippen molar-refractivity contribution in [3.63, 3.8) is 0 Å². The number of aryl methyl sites for hydroxylation is 2. The minimum atomic E-state index is -0.317. The lowest BCUT2D eigenvalue weighted by atomic mass is 10.1. The molecular weight excluding hydrogens is 292 g/mol. The van der Waals surface area contributed by atoms with Crippen LogP contribution < -0.4 is 20.1 Å². The average molecular weight is 314 g/mol. The highest BCUT2D eigenvalue weighted by atomic mass is 16.5. The van der Waals surface area contributed by atoms with E-state index in [0.29, 0.717) is 18.1 Å². The van der Waals surface area contributed by atoms with E-state index in [1.165, 1.54) is 5.56 Å². The number of hydrogen-bond donors (Lipinski definition) is 2. The van der Waals surface area contributed by atoms with E-state index in [2.05, 4.69) is 10.6 Å². The number of nitrogens with one attached hydrogen (secondary N) is 2. The maximum atomic E-state index is 11.9. The van der Waals surface area contributed by atoms with Gasteiger partial charge < -0.3 is 20.1 Å². The van der Waals surface area contributed by atoms with Crippen LogP contribution in [0.3, 0.4) is 0 Å². The molecule has 0 bridgehead atoms. The predicted molar refractivity (Wildman–Crippen MR) is 91.2 cm³/mol. The molecule has 0 spiro atoms. The second-order valence-corrected chi connectivity index (χ2v) is 5.10. The van der Waals surface area contributed by atoms with E-state index in [9.17, 15) is 4.79 Å². The number of carbonyl (C=O) groups excluding carboxylic acids is 1. The minimum absolute atomic E-state index is 0.0563. The van der Waals surface area contributed by atoms with Crippen LogP contribution in [0.5, 0.6) is 11.5 Å². The number of ether oxygens (including phenoxy) is 2. The van der Waals surface area contributed by atoms with Gasteiger partial charge in [-0.15, -0.1) is 0 Å². The monoisotopic (exact) mass is 314 g/mol. The Balaban J connectivity index is 1.84. The predicted octanol–water partition coefficient (Wildman–Crippen LogP) is 3.86. The SMILES string of the molecule is CCOc1ccccc1OCNC(=O)Nc1ccc(C)c(C)c1. The molecule has 0 aromatic heterocycles. The second kappa shape index (κ2) is 8.08. The van der Waals surface area contributed by atoms with Crippen LogP contribution in [0.15, 0.2) is 42.5 Å². The molecule has 0 heterocycles. The van der Waals surface area contributed by atoms with Crippen LogP contribution in [0.25, 0.3) is 0 Å². The highest BCUT2D eigenvalue weighted by molar-refractivity contribution is 5.89. The van der Waals surface area contributed by atoms with E-state index in [1.807, 2.05) is 57.2 Å². The molecule has 2 aromatic rings. The van der Waals surface area contributed by atoms with Crippen molar-refractivity contribution < 1.29 is 14.3 Å². The van der Waals surface area contributed by atoms with Crippen molar-refractivity contribution in [3.05, 3.63) is 53.6 Å². The number of carbonyl (C=O) groups is 1. The molecule has 2 rings (SSSR count). The summed E-state index contributed by atoms with van der Waals surface area (Å²) in [6, 6.07) is 12.8. The molecule has 0 unspecified atom stereocenters. The zero-order chi connectivity index (χ0) is 16.7. The van der Waals surface area contributed by atoms with E-state index in [1.54, 1.807) is 6.07 Å². The van der Waals surface area contributed by atoms with Crippen LogP contribution in [0.2, 0.25) is 0 Å². The summed E-state index contributed by atoms with van der Waals surface area (Å²) in [5.74, 6) is 1.26. The summed E-state index contributed by atoms with van der Waals surface area (Å²) in [6.45, 7) is 6.56. The van der Waals surface area contributed by atoms with Gasteiger partial charge in [0.2, 0.25) is 0 Å². The van der Waals surface area contributed by atoms with Crippen LogP contribution in [0.4, 0.5) is 10.5 Å². The molecule has 0 fully saturated rings. The van der Waals surface area contributed by atoms with Gasteiger partial charge >= 0.3 is 6.03 Å². The molecule has 5 heteroatoms. The number of benzene rings is 2. The fourth-order valence-corrected chi connectivity index (χ4v) is 2.02. The zero-order valence-electron chi connectivity index (χ0n) is 13.7. The molecule has 0 aliphatic rings. The Bertz CT molecular complexity index is 671. The van der Waals surface area contributed by atoms with Crippen molar-refractivity contribution in [3.8, 4) is 11.5 Å². The topological polar surface area (TPSA) is 59.6 Å². The first-order valence-corrected chi connectivity index (χ1v) is 7.57. The van der Waals surface area contributed by atoms with E-state index < -0.39 is 0 Å². The maximum absolute atomic E-state index is 11.9. The lowest BCUT2D eigenvalue weighted by molar-refractivity contribution is 0.229. The van der Waals surface area contributed by atoms with Gasteiger partial charge in [0.15, 0.2) is 18.2 Å². The number of amides is 2. The van der Waals surface area contributed by atoms with Gasteiger partial charge in [-0.05, 0) is 56.2 Å². The largest absolute Gasteiger partial charge is 0.490 e. The first kappa shape index (κ1) is 16.7. The summed E-state index contributed by atoms with van der Waals surface area (Å²) in [5, 5.41) is 5.43. The van der Waals surface area contributed by atoms with Crippen LogP contribution in [-0.2, 0) is 0 Å². The molecule has 2 amide bonds. The van der Waals surface area contributed by atoms with Crippen LogP contribution in [0.1, 0.15) is 18.1 Å². The van der Waals surface area contributed by atoms with Gasteiger partial charge in [-0.3, -0.25) is 0 Å². The maximum Gasteiger partial charge on any atom is 0.321 e. The standard InChI is InChI=1S/C18H22N2O3/c1-4-22-16-7-5-6-8-17(16)23-12-19-18(21)20-15-10-9-13(2)14(3)11-15/h5-11H,4,12H2,1-3H3,(H2,19,20,21). The molecule has 0 atom stereocenters. The highest BCUT2D eigenvalue weighted by Gasteiger charge is 2.05. The van der Waals surface area contributed by atoms with Gasteiger partial charge in [-0.1, -0.05) is 18.2 Å². The fraction of sp³-hybridized carbons (Fsp3) is 0.278. The van der Waals surface area contributed by atoms with Crippen molar-refractivity contribution >= 4 is 11.7 Å². The fourth-order valence-electron chi connectivity index (χ4n) is 2.02. The quantitative estimate of drug-likeness (QED) is 0.796. The summed E-state index contributed by atoms with van der Waals surface area (Å²) in [4.78, 5) is 11.9. The van der Waals surface area contributed by atoms with Crippen LogP contribution >= 0.6 is 0 Å². The lowest BCUT2D eigenvalue weighted by Gasteiger charge is -2.13. The molecule has 0 aliphatic carbocycles. The Morgan fingerprint density at radius 1 is 1.00 bits per heavy atom. The van der Waals surface area contributed by atoms with Crippen molar-refractivity contribution in [2.75, 3.05) is 18.7 Å². The Morgan fingerprint density at radius 3 is 2.35 bits per heavy atom. The van der Waals surface area contributed by atoms with Crippen LogP contribution in [0, 0.1) is 13.8 Å². The molecule has 0 radical (unpaired) electrons. The third-order valence-corrected chi connectivity index (χ3v) is 3.37. The van der Waals surface area contributed by atoms with Gasteiger partial charge in [0.05, 0.1) is 6.61 Å². The van der Waals surface area contributed by atoms with Gasteiger partial charge in [0.1, 0.15) is 0 Å². The smallest absolute Gasteiger partial charge is 0.321 e. The van der Waals surface area contributed by atoms with E-state index in [-0.39, 0.29) is 12.8 Å². The normalized spacial score (nSPS) is 10.0. The Hall–Kier alpha value is -2.69. The third-order valence-electron chi connectivity index (χ3n) is 3.37. The average Bonchev–Trinajstić information content (AvgIpc) is 2.53. The van der Waals surface area contributed by atoms with E-state index in [4.69, 9.17) is 9.47 Å². The Kier molecular flexibility index (Phi) is 5.86. The molecule has 5 nitrogen and oxygen atoms in total. The van der Waals surface area contributed by atoms with Gasteiger partial charge in [0.25, 0.3) is 0 Å².